The van der Waals surface area contributed by atoms with E-state index in [1.165, 1.54) is 18.2 Å². The van der Waals surface area contributed by atoms with Crippen LogP contribution in [0.4, 0.5) is 13.2 Å². The molecule has 6 heteroatoms. The zero-order valence-electron chi connectivity index (χ0n) is 9.83. The van der Waals surface area contributed by atoms with Gasteiger partial charge in [0.25, 0.3) is 0 Å². The second-order valence-electron chi connectivity index (χ2n) is 3.25. The van der Waals surface area contributed by atoms with E-state index in [-0.39, 0.29) is 19.8 Å². The van der Waals surface area contributed by atoms with Crippen LogP contribution in [-0.4, -0.2) is 39.8 Å². The highest BCUT2D eigenvalue weighted by Gasteiger charge is 2.05. The van der Waals surface area contributed by atoms with Gasteiger partial charge in [-0.05, 0) is 0 Å². The maximum absolute atomic E-state index is 12.0. The number of halogens is 3. The highest BCUT2D eigenvalue weighted by molar-refractivity contribution is 5.42. The van der Waals surface area contributed by atoms with Gasteiger partial charge in [0.2, 0.25) is 0 Å². The van der Waals surface area contributed by atoms with Crippen molar-refractivity contribution >= 4 is 0 Å². The van der Waals surface area contributed by atoms with Crippen LogP contribution in [-0.2, 0) is 0 Å². The molecule has 0 atom stereocenters. The van der Waals surface area contributed by atoms with E-state index in [1.54, 1.807) is 0 Å². The van der Waals surface area contributed by atoms with Crippen LogP contribution in [0.25, 0.3) is 0 Å². The number of hydrogen-bond acceptors (Lipinski definition) is 3. The molecule has 0 amide bonds. The molecule has 0 saturated heterocycles. The monoisotopic (exact) mass is 264 g/mol. The van der Waals surface area contributed by atoms with Crippen molar-refractivity contribution in [3.8, 4) is 17.2 Å². The Hall–Kier alpha value is -1.59. The predicted molar refractivity (Wildman–Crippen MR) is 60.9 cm³/mol. The fraction of sp³-hybridized carbons (Fsp3) is 0.500. The molecule has 1 aromatic carbocycles. The summed E-state index contributed by atoms with van der Waals surface area (Å²) in [6, 6.07) is 4.48. The fourth-order valence-corrected chi connectivity index (χ4v) is 1.26. The summed E-state index contributed by atoms with van der Waals surface area (Å²) in [5.41, 5.74) is 0. The SMILES string of the molecule is FCCOc1cc(OCCF)cc(OCCF)c1. The predicted octanol–water partition coefficient (Wildman–Crippen LogP) is 2.73. The Balaban J connectivity index is 2.74. The molecule has 0 unspecified atom stereocenters. The molecular weight excluding hydrogens is 249 g/mol. The van der Waals surface area contributed by atoms with Crippen LogP contribution in [0.1, 0.15) is 0 Å². The molecule has 102 valence electrons. The van der Waals surface area contributed by atoms with Gasteiger partial charge in [-0.1, -0.05) is 0 Å². The first-order valence-electron chi connectivity index (χ1n) is 5.51. The van der Waals surface area contributed by atoms with Gasteiger partial charge in [-0.2, -0.15) is 0 Å². The Kier molecular flexibility index (Phi) is 6.83. The second-order valence-corrected chi connectivity index (χ2v) is 3.25. The quantitative estimate of drug-likeness (QED) is 0.686. The second kappa shape index (κ2) is 8.49. The summed E-state index contributed by atoms with van der Waals surface area (Å²) >= 11 is 0. The third-order valence-corrected chi connectivity index (χ3v) is 1.89. The smallest absolute Gasteiger partial charge is 0.126 e. The van der Waals surface area contributed by atoms with Crippen molar-refractivity contribution in [3.05, 3.63) is 18.2 Å². The van der Waals surface area contributed by atoms with E-state index < -0.39 is 20.0 Å². The van der Waals surface area contributed by atoms with Gasteiger partial charge in [0.05, 0.1) is 0 Å². The molecule has 1 aromatic rings. The van der Waals surface area contributed by atoms with Crippen LogP contribution in [0.3, 0.4) is 0 Å². The normalized spacial score (nSPS) is 10.2. The van der Waals surface area contributed by atoms with Gasteiger partial charge in [-0.15, -0.1) is 0 Å². The van der Waals surface area contributed by atoms with Crippen LogP contribution in [0.2, 0.25) is 0 Å². The van der Waals surface area contributed by atoms with Crippen molar-refractivity contribution < 1.29 is 27.4 Å². The van der Waals surface area contributed by atoms with E-state index in [0.717, 1.165) is 0 Å². The zero-order chi connectivity index (χ0) is 13.2. The summed E-state index contributed by atoms with van der Waals surface area (Å²) in [5.74, 6) is 0.994. The van der Waals surface area contributed by atoms with Gasteiger partial charge in [0.1, 0.15) is 57.1 Å². The molecule has 0 spiro atoms. The molecule has 0 bridgehead atoms. The minimum absolute atomic E-state index is 0.102. The number of benzene rings is 1. The van der Waals surface area contributed by atoms with Crippen LogP contribution in [0, 0.1) is 0 Å². The van der Waals surface area contributed by atoms with Gasteiger partial charge >= 0.3 is 0 Å². The van der Waals surface area contributed by atoms with Crippen molar-refractivity contribution in [2.75, 3.05) is 39.8 Å². The molecule has 0 aliphatic heterocycles. The molecule has 18 heavy (non-hydrogen) atoms. The van der Waals surface area contributed by atoms with E-state index in [0.29, 0.717) is 17.2 Å². The minimum atomic E-state index is -0.629. The Bertz CT molecular complexity index is 283. The Morgan fingerprint density at radius 3 is 1.11 bits per heavy atom. The fourth-order valence-electron chi connectivity index (χ4n) is 1.26. The highest BCUT2D eigenvalue weighted by Crippen LogP contribution is 2.28. The summed E-state index contributed by atoms with van der Waals surface area (Å²) in [6.45, 7) is -2.19. The molecule has 0 aliphatic rings. The standard InChI is InChI=1S/C12H15F3O3/c13-1-4-16-10-7-11(17-5-2-14)9-12(8-10)18-6-3-15/h7-9H,1-6H2. The van der Waals surface area contributed by atoms with Crippen LogP contribution < -0.4 is 14.2 Å². The Morgan fingerprint density at radius 1 is 0.611 bits per heavy atom. The summed E-state index contributed by atoms with van der Waals surface area (Å²) in [6.07, 6.45) is 0. The van der Waals surface area contributed by atoms with E-state index >= 15 is 0 Å². The van der Waals surface area contributed by atoms with E-state index in [2.05, 4.69) is 0 Å². The molecule has 0 aliphatic carbocycles. The number of rotatable bonds is 9. The van der Waals surface area contributed by atoms with Crippen molar-refractivity contribution in [2.45, 2.75) is 0 Å². The summed E-state index contributed by atoms with van der Waals surface area (Å²) in [4.78, 5) is 0. The largest absolute Gasteiger partial charge is 0.491 e. The zero-order valence-corrected chi connectivity index (χ0v) is 9.83. The average Bonchev–Trinajstić information content (AvgIpc) is 2.40. The van der Waals surface area contributed by atoms with Crippen molar-refractivity contribution in [1.82, 2.24) is 0 Å². The van der Waals surface area contributed by atoms with Gasteiger partial charge in [0, 0.05) is 18.2 Å². The van der Waals surface area contributed by atoms with Gasteiger partial charge < -0.3 is 14.2 Å². The summed E-state index contributed by atoms with van der Waals surface area (Å²) < 4.78 is 51.2. The lowest BCUT2D eigenvalue weighted by Gasteiger charge is -2.11. The van der Waals surface area contributed by atoms with E-state index in [1.807, 2.05) is 0 Å². The van der Waals surface area contributed by atoms with Crippen molar-refractivity contribution in [3.63, 3.8) is 0 Å². The summed E-state index contributed by atoms with van der Waals surface area (Å²) in [7, 11) is 0. The van der Waals surface area contributed by atoms with Crippen molar-refractivity contribution in [2.24, 2.45) is 0 Å². The molecule has 3 nitrogen and oxygen atoms in total. The van der Waals surface area contributed by atoms with Crippen LogP contribution in [0.15, 0.2) is 18.2 Å². The lowest BCUT2D eigenvalue weighted by atomic mass is 10.3. The van der Waals surface area contributed by atoms with Gasteiger partial charge in [0.15, 0.2) is 0 Å². The topological polar surface area (TPSA) is 27.7 Å². The molecule has 0 fully saturated rings. The molecular formula is C12H15F3O3. The molecule has 0 saturated carbocycles. The Labute approximate surface area is 103 Å². The third-order valence-electron chi connectivity index (χ3n) is 1.89. The molecule has 0 heterocycles. The third kappa shape index (κ3) is 5.16. The maximum atomic E-state index is 12.0. The first-order valence-corrected chi connectivity index (χ1v) is 5.51. The molecule has 0 N–H and O–H groups in total. The van der Waals surface area contributed by atoms with Crippen molar-refractivity contribution in [1.29, 1.82) is 0 Å². The number of alkyl halides is 3. The highest BCUT2D eigenvalue weighted by atomic mass is 19.1. The lowest BCUT2D eigenvalue weighted by molar-refractivity contribution is 0.249. The Morgan fingerprint density at radius 2 is 0.889 bits per heavy atom. The average molecular weight is 264 g/mol. The lowest BCUT2D eigenvalue weighted by Crippen LogP contribution is -2.04. The minimum Gasteiger partial charge on any atom is -0.491 e. The maximum Gasteiger partial charge on any atom is 0.126 e. The van der Waals surface area contributed by atoms with Gasteiger partial charge in [-0.3, -0.25) is 0 Å². The van der Waals surface area contributed by atoms with Crippen LogP contribution in [0.5, 0.6) is 17.2 Å². The number of ether oxygens (including phenoxy) is 3. The first-order chi connectivity index (χ1) is 8.80. The number of hydrogen-bond donors (Lipinski definition) is 0. The first kappa shape index (κ1) is 14.5. The molecule has 1 rings (SSSR count). The van der Waals surface area contributed by atoms with Gasteiger partial charge in [-0.25, -0.2) is 13.2 Å². The molecule has 0 radical (unpaired) electrons. The molecule has 0 aromatic heterocycles. The summed E-state index contributed by atoms with van der Waals surface area (Å²) in [5, 5.41) is 0. The van der Waals surface area contributed by atoms with Crippen LogP contribution >= 0.6 is 0 Å². The van der Waals surface area contributed by atoms with E-state index in [9.17, 15) is 13.2 Å². The van der Waals surface area contributed by atoms with E-state index in [4.69, 9.17) is 14.2 Å².